The van der Waals surface area contributed by atoms with Crippen LogP contribution in [0.15, 0.2) is 30.3 Å². The van der Waals surface area contributed by atoms with Crippen molar-refractivity contribution in [3.05, 3.63) is 58.7 Å². The standard InChI is InChI=1S/C14H12F2N2O/c1-7-4-12(16)10(6-11(7)15)14(19)9-3-2-8(17)5-13(9)18/h2-6H,17-18H2,1H3. The van der Waals surface area contributed by atoms with Crippen LogP contribution in [0.25, 0.3) is 0 Å². The van der Waals surface area contributed by atoms with Crippen molar-refractivity contribution in [3.8, 4) is 0 Å². The zero-order valence-electron chi connectivity index (χ0n) is 10.2. The van der Waals surface area contributed by atoms with E-state index < -0.39 is 17.4 Å². The van der Waals surface area contributed by atoms with Gasteiger partial charge in [-0.25, -0.2) is 8.78 Å². The molecule has 0 aliphatic rings. The van der Waals surface area contributed by atoms with Crippen molar-refractivity contribution in [1.29, 1.82) is 0 Å². The molecule has 2 rings (SSSR count). The maximum Gasteiger partial charge on any atom is 0.198 e. The highest BCUT2D eigenvalue weighted by Crippen LogP contribution is 2.22. The summed E-state index contributed by atoms with van der Waals surface area (Å²) >= 11 is 0. The number of rotatable bonds is 2. The molecule has 0 bridgehead atoms. The van der Waals surface area contributed by atoms with E-state index >= 15 is 0 Å². The molecule has 0 aliphatic carbocycles. The van der Waals surface area contributed by atoms with Crippen molar-refractivity contribution < 1.29 is 13.6 Å². The van der Waals surface area contributed by atoms with Gasteiger partial charge >= 0.3 is 0 Å². The number of nitrogens with two attached hydrogens (primary N) is 2. The lowest BCUT2D eigenvalue weighted by Crippen LogP contribution is -2.09. The lowest BCUT2D eigenvalue weighted by molar-refractivity contribution is 0.103. The largest absolute Gasteiger partial charge is 0.399 e. The summed E-state index contributed by atoms with van der Waals surface area (Å²) in [5, 5.41) is 0. The molecule has 0 aliphatic heterocycles. The van der Waals surface area contributed by atoms with E-state index in [2.05, 4.69) is 0 Å². The Balaban J connectivity index is 2.53. The molecule has 0 amide bonds. The van der Waals surface area contributed by atoms with E-state index in [1.807, 2.05) is 0 Å². The van der Waals surface area contributed by atoms with Gasteiger partial charge in [-0.2, -0.15) is 0 Å². The molecule has 4 N–H and O–H groups in total. The molecule has 0 saturated carbocycles. The van der Waals surface area contributed by atoms with E-state index in [1.165, 1.54) is 25.1 Å². The summed E-state index contributed by atoms with van der Waals surface area (Å²) in [5.41, 5.74) is 11.6. The first-order valence-corrected chi connectivity index (χ1v) is 5.55. The van der Waals surface area contributed by atoms with E-state index in [9.17, 15) is 13.6 Å². The molecule has 0 fully saturated rings. The SMILES string of the molecule is Cc1cc(F)c(C(=O)c2ccc(N)cc2N)cc1F. The number of carbonyl (C=O) groups is 1. The highest BCUT2D eigenvalue weighted by molar-refractivity contribution is 6.12. The van der Waals surface area contributed by atoms with Gasteiger partial charge in [0.1, 0.15) is 11.6 Å². The van der Waals surface area contributed by atoms with Gasteiger partial charge in [0.2, 0.25) is 0 Å². The average Bonchev–Trinajstić information content (AvgIpc) is 2.33. The fourth-order valence-electron chi connectivity index (χ4n) is 1.75. The number of benzene rings is 2. The van der Waals surface area contributed by atoms with Gasteiger partial charge in [-0.3, -0.25) is 4.79 Å². The quantitative estimate of drug-likeness (QED) is 0.645. The molecule has 98 valence electrons. The van der Waals surface area contributed by atoms with Crippen LogP contribution < -0.4 is 11.5 Å². The predicted octanol–water partition coefficient (Wildman–Crippen LogP) is 2.67. The molecule has 0 heterocycles. The predicted molar refractivity (Wildman–Crippen MR) is 69.8 cm³/mol. The maximum atomic E-state index is 13.7. The summed E-state index contributed by atoms with van der Waals surface area (Å²) in [6.07, 6.45) is 0. The van der Waals surface area contributed by atoms with Crippen LogP contribution in [0.4, 0.5) is 20.2 Å². The Morgan fingerprint density at radius 3 is 2.32 bits per heavy atom. The Morgan fingerprint density at radius 1 is 1.00 bits per heavy atom. The highest BCUT2D eigenvalue weighted by atomic mass is 19.1. The van der Waals surface area contributed by atoms with Crippen LogP contribution in [0.3, 0.4) is 0 Å². The summed E-state index contributed by atoms with van der Waals surface area (Å²) in [6.45, 7) is 1.42. The van der Waals surface area contributed by atoms with Crippen molar-refractivity contribution >= 4 is 17.2 Å². The van der Waals surface area contributed by atoms with E-state index in [0.717, 1.165) is 12.1 Å². The van der Waals surface area contributed by atoms with Gasteiger partial charge in [-0.05, 0) is 42.8 Å². The van der Waals surface area contributed by atoms with Crippen LogP contribution in [-0.2, 0) is 0 Å². The van der Waals surface area contributed by atoms with Gasteiger partial charge in [-0.1, -0.05) is 0 Å². The number of hydrogen-bond acceptors (Lipinski definition) is 3. The van der Waals surface area contributed by atoms with Crippen LogP contribution in [0.1, 0.15) is 21.5 Å². The first-order valence-electron chi connectivity index (χ1n) is 5.55. The van der Waals surface area contributed by atoms with Gasteiger partial charge in [0.05, 0.1) is 5.56 Å². The lowest BCUT2D eigenvalue weighted by Gasteiger charge is -2.08. The second-order valence-electron chi connectivity index (χ2n) is 4.26. The molecule has 0 unspecified atom stereocenters. The number of nitrogen functional groups attached to an aromatic ring is 2. The Labute approximate surface area is 108 Å². The van der Waals surface area contributed by atoms with Crippen molar-refractivity contribution in [2.75, 3.05) is 11.5 Å². The van der Waals surface area contributed by atoms with Crippen LogP contribution >= 0.6 is 0 Å². The molecular formula is C14H12F2N2O. The number of ketones is 1. The third-order valence-corrected chi connectivity index (χ3v) is 2.81. The van der Waals surface area contributed by atoms with Gasteiger partial charge in [0.25, 0.3) is 0 Å². The zero-order valence-corrected chi connectivity index (χ0v) is 10.2. The lowest BCUT2D eigenvalue weighted by atomic mass is 9.99. The molecule has 2 aromatic carbocycles. The van der Waals surface area contributed by atoms with Crippen molar-refractivity contribution in [3.63, 3.8) is 0 Å². The van der Waals surface area contributed by atoms with Crippen LogP contribution in [-0.4, -0.2) is 5.78 Å². The number of hydrogen-bond donors (Lipinski definition) is 2. The number of halogens is 2. The molecule has 3 nitrogen and oxygen atoms in total. The third-order valence-electron chi connectivity index (χ3n) is 2.81. The molecule has 0 aromatic heterocycles. The second-order valence-corrected chi connectivity index (χ2v) is 4.26. The number of carbonyl (C=O) groups excluding carboxylic acids is 1. The number of anilines is 2. The topological polar surface area (TPSA) is 69.1 Å². The Kier molecular flexibility index (Phi) is 3.21. The molecule has 0 saturated heterocycles. The summed E-state index contributed by atoms with van der Waals surface area (Å²) in [7, 11) is 0. The molecule has 19 heavy (non-hydrogen) atoms. The van der Waals surface area contributed by atoms with E-state index in [0.29, 0.717) is 5.69 Å². The van der Waals surface area contributed by atoms with Gasteiger partial charge in [-0.15, -0.1) is 0 Å². The first-order chi connectivity index (χ1) is 8.90. The average molecular weight is 262 g/mol. The Hall–Kier alpha value is -2.43. The monoisotopic (exact) mass is 262 g/mol. The van der Waals surface area contributed by atoms with Gasteiger partial charge < -0.3 is 11.5 Å². The third kappa shape index (κ3) is 2.40. The summed E-state index contributed by atoms with van der Waals surface area (Å²) in [4.78, 5) is 12.1. The molecule has 0 atom stereocenters. The first kappa shape index (κ1) is 13.0. The molecule has 0 spiro atoms. The highest BCUT2D eigenvalue weighted by Gasteiger charge is 2.18. The van der Waals surface area contributed by atoms with E-state index in [4.69, 9.17) is 11.5 Å². The molecule has 0 radical (unpaired) electrons. The van der Waals surface area contributed by atoms with Crippen molar-refractivity contribution in [1.82, 2.24) is 0 Å². The molecular weight excluding hydrogens is 250 g/mol. The van der Waals surface area contributed by atoms with Crippen LogP contribution in [0.2, 0.25) is 0 Å². The van der Waals surface area contributed by atoms with Crippen molar-refractivity contribution in [2.45, 2.75) is 6.92 Å². The molecule has 5 heteroatoms. The maximum absolute atomic E-state index is 13.7. The zero-order chi connectivity index (χ0) is 14.2. The summed E-state index contributed by atoms with van der Waals surface area (Å²) in [6, 6.07) is 6.13. The minimum atomic E-state index is -0.778. The second kappa shape index (κ2) is 4.68. The summed E-state index contributed by atoms with van der Waals surface area (Å²) in [5.74, 6) is -2.09. The Bertz CT molecular complexity index is 669. The minimum absolute atomic E-state index is 0.0938. The van der Waals surface area contributed by atoms with E-state index in [-0.39, 0.29) is 22.4 Å². The minimum Gasteiger partial charge on any atom is -0.399 e. The number of aryl methyl sites for hydroxylation is 1. The summed E-state index contributed by atoms with van der Waals surface area (Å²) < 4.78 is 27.2. The molecule has 2 aromatic rings. The normalized spacial score (nSPS) is 10.5. The van der Waals surface area contributed by atoms with E-state index in [1.54, 1.807) is 0 Å². The van der Waals surface area contributed by atoms with Gasteiger partial charge in [0.15, 0.2) is 5.78 Å². The van der Waals surface area contributed by atoms with Crippen molar-refractivity contribution in [2.24, 2.45) is 0 Å². The fraction of sp³-hybridized carbons (Fsp3) is 0.0714. The fourth-order valence-corrected chi connectivity index (χ4v) is 1.75. The van der Waals surface area contributed by atoms with Gasteiger partial charge in [0, 0.05) is 16.9 Å². The van der Waals surface area contributed by atoms with Crippen LogP contribution in [0, 0.1) is 18.6 Å². The smallest absolute Gasteiger partial charge is 0.198 e. The van der Waals surface area contributed by atoms with Crippen LogP contribution in [0.5, 0.6) is 0 Å². The Morgan fingerprint density at radius 2 is 1.68 bits per heavy atom.